The van der Waals surface area contributed by atoms with Crippen molar-refractivity contribution >= 4 is 28.8 Å². The highest BCUT2D eigenvalue weighted by molar-refractivity contribution is 7.12. The third-order valence-electron chi connectivity index (χ3n) is 4.20. The fraction of sp³-hybridized carbons (Fsp3) is 0.167. The van der Waals surface area contributed by atoms with Gasteiger partial charge < -0.3 is 9.47 Å². The van der Waals surface area contributed by atoms with Crippen LogP contribution in [-0.4, -0.2) is 21.9 Å². The molecule has 0 saturated heterocycles. The zero-order chi connectivity index (χ0) is 15.8. The number of amides is 1. The summed E-state index contributed by atoms with van der Waals surface area (Å²) in [6, 6.07) is 15.6. The number of benzene rings is 1. The van der Waals surface area contributed by atoms with Gasteiger partial charge in [0.2, 0.25) is 0 Å². The monoisotopic (exact) mass is 342 g/mol. The fourth-order valence-electron chi connectivity index (χ4n) is 3.17. The van der Waals surface area contributed by atoms with Crippen LogP contribution in [0.3, 0.4) is 0 Å². The third kappa shape index (κ3) is 2.58. The van der Waals surface area contributed by atoms with Crippen molar-refractivity contribution in [3.05, 3.63) is 81.3 Å². The van der Waals surface area contributed by atoms with E-state index in [1.807, 2.05) is 52.7 Å². The van der Waals surface area contributed by atoms with Gasteiger partial charge in [0.1, 0.15) is 0 Å². The van der Waals surface area contributed by atoms with Crippen LogP contribution in [0.4, 0.5) is 0 Å². The van der Waals surface area contributed by atoms with E-state index >= 15 is 0 Å². The number of rotatable bonds is 2. The first-order valence-corrected chi connectivity index (χ1v) is 8.75. The molecule has 1 amide bonds. The minimum absolute atomic E-state index is 0.0809. The van der Waals surface area contributed by atoms with Gasteiger partial charge in [-0.25, -0.2) is 0 Å². The Morgan fingerprint density at radius 2 is 2.04 bits per heavy atom. The van der Waals surface area contributed by atoms with E-state index in [1.54, 1.807) is 0 Å². The lowest BCUT2D eigenvalue weighted by molar-refractivity contribution is 0.0669. The van der Waals surface area contributed by atoms with Gasteiger partial charge in [-0.05, 0) is 41.3 Å². The van der Waals surface area contributed by atoms with Crippen molar-refractivity contribution in [1.29, 1.82) is 0 Å². The number of hydrogen-bond donors (Lipinski definition) is 0. The van der Waals surface area contributed by atoms with Crippen LogP contribution in [0, 0.1) is 0 Å². The topological polar surface area (TPSA) is 25.2 Å². The summed E-state index contributed by atoms with van der Waals surface area (Å²) in [5, 5.41) is 2.63. The summed E-state index contributed by atoms with van der Waals surface area (Å²) in [5.41, 5.74) is 2.17. The van der Waals surface area contributed by atoms with Crippen molar-refractivity contribution in [3.8, 4) is 0 Å². The molecule has 2 aromatic heterocycles. The molecule has 0 aliphatic carbocycles. The van der Waals surface area contributed by atoms with E-state index in [1.165, 1.54) is 11.3 Å². The number of carbonyl (C=O) groups is 1. The summed E-state index contributed by atoms with van der Waals surface area (Å²) >= 11 is 7.67. The van der Waals surface area contributed by atoms with Crippen LogP contribution < -0.4 is 0 Å². The van der Waals surface area contributed by atoms with Crippen molar-refractivity contribution in [2.75, 3.05) is 6.54 Å². The molecule has 4 rings (SSSR count). The molecule has 0 fully saturated rings. The van der Waals surface area contributed by atoms with Gasteiger partial charge in [0.25, 0.3) is 5.91 Å². The summed E-state index contributed by atoms with van der Waals surface area (Å²) < 4.78 is 2.21. The molecule has 1 aliphatic heterocycles. The largest absolute Gasteiger partial charge is 0.348 e. The number of aromatic nitrogens is 1. The highest BCUT2D eigenvalue weighted by Gasteiger charge is 2.33. The van der Waals surface area contributed by atoms with Gasteiger partial charge in [0.15, 0.2) is 0 Å². The van der Waals surface area contributed by atoms with Gasteiger partial charge in [0.05, 0.1) is 10.9 Å². The maximum atomic E-state index is 13.0. The summed E-state index contributed by atoms with van der Waals surface area (Å²) in [5.74, 6) is 0.0809. The highest BCUT2D eigenvalue weighted by atomic mass is 35.5. The summed E-state index contributed by atoms with van der Waals surface area (Å²) in [6.07, 6.45) is 2.07. The van der Waals surface area contributed by atoms with Crippen molar-refractivity contribution in [2.24, 2.45) is 0 Å². The van der Waals surface area contributed by atoms with Gasteiger partial charge in [0, 0.05) is 30.0 Å². The molecule has 0 spiro atoms. The number of thiophene rings is 1. The van der Waals surface area contributed by atoms with Gasteiger partial charge in [-0.15, -0.1) is 11.3 Å². The molecular weight excluding hydrogens is 328 g/mol. The Morgan fingerprint density at radius 1 is 1.13 bits per heavy atom. The quantitative estimate of drug-likeness (QED) is 0.675. The van der Waals surface area contributed by atoms with E-state index in [0.29, 0.717) is 11.6 Å². The van der Waals surface area contributed by atoms with Crippen molar-refractivity contribution in [2.45, 2.75) is 12.6 Å². The van der Waals surface area contributed by atoms with Crippen LogP contribution in [0.1, 0.15) is 27.0 Å². The molecule has 23 heavy (non-hydrogen) atoms. The van der Waals surface area contributed by atoms with E-state index in [2.05, 4.69) is 16.8 Å². The van der Waals surface area contributed by atoms with Crippen LogP contribution in [-0.2, 0) is 6.54 Å². The number of carbonyl (C=O) groups excluding carboxylic acids is 1. The highest BCUT2D eigenvalue weighted by Crippen LogP contribution is 2.34. The Morgan fingerprint density at radius 3 is 2.83 bits per heavy atom. The lowest BCUT2D eigenvalue weighted by Gasteiger charge is -2.37. The molecule has 5 heteroatoms. The number of nitrogens with zero attached hydrogens (tertiary/aromatic N) is 2. The first kappa shape index (κ1) is 14.5. The van der Waals surface area contributed by atoms with E-state index in [0.717, 1.165) is 22.7 Å². The Kier molecular flexibility index (Phi) is 3.71. The zero-order valence-corrected chi connectivity index (χ0v) is 13.9. The molecule has 116 valence electrons. The molecule has 0 unspecified atom stereocenters. The van der Waals surface area contributed by atoms with Crippen LogP contribution in [0.2, 0.25) is 5.02 Å². The van der Waals surface area contributed by atoms with Crippen molar-refractivity contribution < 1.29 is 4.79 Å². The average molecular weight is 343 g/mol. The fourth-order valence-corrected chi connectivity index (χ4v) is 4.05. The third-order valence-corrected chi connectivity index (χ3v) is 5.29. The normalized spacial score (nSPS) is 17.1. The van der Waals surface area contributed by atoms with Gasteiger partial charge in [-0.3, -0.25) is 4.79 Å². The molecule has 1 atom stereocenters. The second-order valence-corrected chi connectivity index (χ2v) is 6.94. The van der Waals surface area contributed by atoms with Gasteiger partial charge in [-0.1, -0.05) is 29.8 Å². The van der Waals surface area contributed by atoms with Crippen molar-refractivity contribution in [1.82, 2.24) is 9.47 Å². The van der Waals surface area contributed by atoms with Crippen molar-refractivity contribution in [3.63, 3.8) is 0 Å². The minimum Gasteiger partial charge on any atom is -0.348 e. The lowest BCUT2D eigenvalue weighted by atomic mass is 9.99. The second-order valence-electron chi connectivity index (χ2n) is 5.56. The predicted octanol–water partition coefficient (Wildman–Crippen LogP) is 4.45. The summed E-state index contributed by atoms with van der Waals surface area (Å²) in [7, 11) is 0. The van der Waals surface area contributed by atoms with Crippen LogP contribution in [0.25, 0.3) is 0 Å². The Balaban J connectivity index is 1.81. The van der Waals surface area contributed by atoms with Gasteiger partial charge in [-0.2, -0.15) is 0 Å². The Hall–Kier alpha value is -2.04. The van der Waals surface area contributed by atoms with E-state index in [4.69, 9.17) is 11.6 Å². The lowest BCUT2D eigenvalue weighted by Crippen LogP contribution is -2.42. The maximum absolute atomic E-state index is 13.0. The number of fused-ring (bicyclic) bond motifs is 1. The summed E-state index contributed by atoms with van der Waals surface area (Å²) in [6.45, 7) is 1.51. The molecule has 0 saturated carbocycles. The molecule has 1 aliphatic rings. The standard InChI is InChI=1S/C18H15ClN2OS/c19-14-5-1-4-13(12-14)17-15-6-2-8-20(15)9-10-21(17)18(22)16-7-3-11-23-16/h1-8,11-12,17H,9-10H2/t17-/m0/s1. The molecule has 3 aromatic rings. The molecular formula is C18H15ClN2OS. The first-order valence-electron chi connectivity index (χ1n) is 7.49. The molecule has 0 radical (unpaired) electrons. The first-order chi connectivity index (χ1) is 11.2. The van der Waals surface area contributed by atoms with Crippen LogP contribution in [0.5, 0.6) is 0 Å². The summed E-state index contributed by atoms with van der Waals surface area (Å²) in [4.78, 5) is 15.7. The number of hydrogen-bond acceptors (Lipinski definition) is 2. The van der Waals surface area contributed by atoms with Crippen LogP contribution in [0.15, 0.2) is 60.1 Å². The van der Waals surface area contributed by atoms with E-state index < -0.39 is 0 Å². The Labute approximate surface area is 143 Å². The zero-order valence-electron chi connectivity index (χ0n) is 12.4. The minimum atomic E-state index is -0.105. The Bertz CT molecular complexity index is 840. The van der Waals surface area contributed by atoms with E-state index in [9.17, 15) is 4.79 Å². The molecule has 3 heterocycles. The second kappa shape index (κ2) is 5.87. The molecule has 1 aromatic carbocycles. The molecule has 3 nitrogen and oxygen atoms in total. The SMILES string of the molecule is O=C(c1cccs1)N1CCn2cccc2[C@@H]1c1cccc(Cl)c1. The van der Waals surface area contributed by atoms with Crippen LogP contribution >= 0.6 is 22.9 Å². The van der Waals surface area contributed by atoms with E-state index in [-0.39, 0.29) is 11.9 Å². The van der Waals surface area contributed by atoms with Gasteiger partial charge >= 0.3 is 0 Å². The smallest absolute Gasteiger partial charge is 0.264 e. The molecule has 0 N–H and O–H groups in total. The predicted molar refractivity (Wildman–Crippen MR) is 93.1 cm³/mol. The average Bonchev–Trinajstić information content (AvgIpc) is 3.24. The molecule has 0 bridgehead atoms. The maximum Gasteiger partial charge on any atom is 0.264 e. The number of halogens is 1.